The highest BCUT2D eigenvalue weighted by Gasteiger charge is 2.06. The minimum atomic E-state index is -0.0184. The minimum Gasteiger partial charge on any atom is -0.399 e. The second kappa shape index (κ2) is 6.38. The number of hydrogen-bond acceptors (Lipinski definition) is 2. The molecule has 0 aliphatic heterocycles. The molecule has 0 radical (unpaired) electrons. The van der Waals surface area contributed by atoms with Crippen molar-refractivity contribution in [2.24, 2.45) is 0 Å². The number of rotatable bonds is 4. The summed E-state index contributed by atoms with van der Waals surface area (Å²) < 4.78 is 0.877. The zero-order valence-electron chi connectivity index (χ0n) is 10.4. The molecule has 0 aliphatic rings. The van der Waals surface area contributed by atoms with Gasteiger partial charge in [-0.2, -0.15) is 0 Å². The smallest absolute Gasteiger partial charge is 0.224 e. The van der Waals surface area contributed by atoms with Crippen LogP contribution in [0.5, 0.6) is 0 Å². The van der Waals surface area contributed by atoms with Crippen LogP contribution < -0.4 is 11.1 Å². The Labute approximate surface area is 121 Å². The quantitative estimate of drug-likeness (QED) is 0.846. The van der Waals surface area contributed by atoms with Crippen LogP contribution >= 0.6 is 15.9 Å². The predicted molar refractivity (Wildman–Crippen MR) is 81.9 cm³/mol. The Bertz CT molecular complexity index is 584. The van der Waals surface area contributed by atoms with Crippen LogP contribution in [0.2, 0.25) is 0 Å². The van der Waals surface area contributed by atoms with E-state index in [-0.39, 0.29) is 5.91 Å². The van der Waals surface area contributed by atoms with E-state index < -0.39 is 0 Å². The molecule has 4 heteroatoms. The van der Waals surface area contributed by atoms with Gasteiger partial charge in [0.15, 0.2) is 0 Å². The number of amides is 1. The van der Waals surface area contributed by atoms with Crippen LogP contribution in [0.1, 0.15) is 12.0 Å². The van der Waals surface area contributed by atoms with E-state index in [0.717, 1.165) is 21.4 Å². The summed E-state index contributed by atoms with van der Waals surface area (Å²) >= 11 is 3.40. The highest BCUT2D eigenvalue weighted by atomic mass is 79.9. The summed E-state index contributed by atoms with van der Waals surface area (Å²) in [6, 6.07) is 15.2. The molecule has 3 nitrogen and oxygen atoms in total. The van der Waals surface area contributed by atoms with Crippen molar-refractivity contribution in [2.75, 3.05) is 11.1 Å². The maximum absolute atomic E-state index is 11.9. The largest absolute Gasteiger partial charge is 0.399 e. The van der Waals surface area contributed by atoms with Crippen LogP contribution in [0.3, 0.4) is 0 Å². The van der Waals surface area contributed by atoms with Crippen LogP contribution in [-0.2, 0) is 11.2 Å². The van der Waals surface area contributed by atoms with Crippen molar-refractivity contribution in [3.63, 3.8) is 0 Å². The number of nitrogens with two attached hydrogens (primary N) is 1. The third-order valence-electron chi connectivity index (χ3n) is 2.82. The fraction of sp³-hybridized carbons (Fsp3) is 0.133. The van der Waals surface area contributed by atoms with Crippen LogP contribution in [0, 0.1) is 0 Å². The first-order valence-electron chi connectivity index (χ1n) is 6.04. The predicted octanol–water partition coefficient (Wildman–Crippen LogP) is 3.60. The fourth-order valence-electron chi connectivity index (χ4n) is 1.79. The number of nitrogens with one attached hydrogen (secondary N) is 1. The second-order valence-corrected chi connectivity index (χ2v) is 5.08. The van der Waals surface area contributed by atoms with Gasteiger partial charge in [0.1, 0.15) is 0 Å². The van der Waals surface area contributed by atoms with Crippen LogP contribution in [0.4, 0.5) is 11.4 Å². The minimum absolute atomic E-state index is 0.0184. The molecule has 0 bridgehead atoms. The molecular formula is C15H15BrN2O. The topological polar surface area (TPSA) is 55.1 Å². The molecule has 0 aliphatic carbocycles. The van der Waals surface area contributed by atoms with E-state index in [1.165, 1.54) is 0 Å². The molecule has 2 aromatic rings. The first kappa shape index (κ1) is 13.6. The van der Waals surface area contributed by atoms with E-state index >= 15 is 0 Å². The highest BCUT2D eigenvalue weighted by Crippen LogP contribution is 2.21. The lowest BCUT2D eigenvalue weighted by molar-refractivity contribution is -0.116. The third kappa shape index (κ3) is 3.83. The first-order chi connectivity index (χ1) is 9.16. The summed E-state index contributed by atoms with van der Waals surface area (Å²) in [5, 5.41) is 2.87. The van der Waals surface area contributed by atoms with Crippen molar-refractivity contribution in [3.05, 3.63) is 58.6 Å². The summed E-state index contributed by atoms with van der Waals surface area (Å²) in [7, 11) is 0. The van der Waals surface area contributed by atoms with Gasteiger partial charge in [-0.05, 0) is 46.1 Å². The van der Waals surface area contributed by atoms with Gasteiger partial charge in [0, 0.05) is 16.6 Å². The maximum Gasteiger partial charge on any atom is 0.224 e. The lowest BCUT2D eigenvalue weighted by Gasteiger charge is -2.08. The molecule has 98 valence electrons. The average molecular weight is 319 g/mol. The van der Waals surface area contributed by atoms with Crippen molar-refractivity contribution in [1.29, 1.82) is 0 Å². The molecule has 2 aromatic carbocycles. The summed E-state index contributed by atoms with van der Waals surface area (Å²) in [6.45, 7) is 0. The Balaban J connectivity index is 1.92. The Morgan fingerprint density at radius 3 is 2.53 bits per heavy atom. The number of anilines is 2. The van der Waals surface area contributed by atoms with Crippen molar-refractivity contribution in [1.82, 2.24) is 0 Å². The molecular weight excluding hydrogens is 304 g/mol. The summed E-state index contributed by atoms with van der Waals surface area (Å²) in [5.41, 5.74) is 8.37. The normalized spacial score (nSPS) is 10.2. The third-order valence-corrected chi connectivity index (χ3v) is 3.52. The monoisotopic (exact) mass is 318 g/mol. The molecule has 0 fully saturated rings. The number of nitrogen functional groups attached to an aromatic ring is 1. The van der Waals surface area contributed by atoms with E-state index in [1.807, 2.05) is 48.5 Å². The van der Waals surface area contributed by atoms with Gasteiger partial charge in [-0.3, -0.25) is 4.79 Å². The highest BCUT2D eigenvalue weighted by molar-refractivity contribution is 9.10. The van der Waals surface area contributed by atoms with Gasteiger partial charge in [-0.15, -0.1) is 0 Å². The van der Waals surface area contributed by atoms with E-state index in [0.29, 0.717) is 12.8 Å². The van der Waals surface area contributed by atoms with Gasteiger partial charge < -0.3 is 11.1 Å². The molecule has 2 rings (SSSR count). The van der Waals surface area contributed by atoms with E-state index in [1.54, 1.807) is 0 Å². The number of halogens is 1. The Hall–Kier alpha value is -1.81. The second-order valence-electron chi connectivity index (χ2n) is 4.23. The lowest BCUT2D eigenvalue weighted by Crippen LogP contribution is -2.13. The van der Waals surface area contributed by atoms with Gasteiger partial charge in [0.25, 0.3) is 0 Å². The number of carbonyl (C=O) groups is 1. The average Bonchev–Trinajstić information content (AvgIpc) is 2.40. The van der Waals surface area contributed by atoms with Crippen LogP contribution in [0.15, 0.2) is 53.0 Å². The van der Waals surface area contributed by atoms with Gasteiger partial charge in [0.2, 0.25) is 5.91 Å². The van der Waals surface area contributed by atoms with E-state index in [2.05, 4.69) is 21.2 Å². The van der Waals surface area contributed by atoms with E-state index in [9.17, 15) is 4.79 Å². The first-order valence-corrected chi connectivity index (χ1v) is 6.84. The van der Waals surface area contributed by atoms with E-state index in [4.69, 9.17) is 5.73 Å². The number of aryl methyl sites for hydroxylation is 1. The number of benzene rings is 2. The molecule has 0 unspecified atom stereocenters. The zero-order valence-corrected chi connectivity index (χ0v) is 12.0. The Morgan fingerprint density at radius 1 is 1.11 bits per heavy atom. The summed E-state index contributed by atoms with van der Waals surface area (Å²) in [4.78, 5) is 11.9. The lowest BCUT2D eigenvalue weighted by atomic mass is 10.1. The van der Waals surface area contributed by atoms with Crippen molar-refractivity contribution < 1.29 is 4.79 Å². The van der Waals surface area contributed by atoms with Crippen molar-refractivity contribution >= 4 is 33.2 Å². The van der Waals surface area contributed by atoms with Crippen molar-refractivity contribution in [3.8, 4) is 0 Å². The van der Waals surface area contributed by atoms with Gasteiger partial charge in [-0.1, -0.05) is 30.3 Å². The molecule has 0 aromatic heterocycles. The molecule has 3 N–H and O–H groups in total. The number of para-hydroxylation sites is 2. The van der Waals surface area contributed by atoms with Crippen LogP contribution in [0.25, 0.3) is 0 Å². The molecule has 0 spiro atoms. The standard InChI is InChI=1S/C15H15BrN2O/c16-12-6-2-4-8-14(12)18-15(19)10-9-11-5-1-3-7-13(11)17/h1-8H,9-10,17H2,(H,18,19). The fourth-order valence-corrected chi connectivity index (χ4v) is 2.17. The van der Waals surface area contributed by atoms with Gasteiger partial charge >= 0.3 is 0 Å². The molecule has 1 amide bonds. The molecule has 0 saturated carbocycles. The molecule has 0 saturated heterocycles. The molecule has 0 atom stereocenters. The number of carbonyl (C=O) groups excluding carboxylic acids is 1. The number of hydrogen-bond donors (Lipinski definition) is 2. The van der Waals surface area contributed by atoms with Gasteiger partial charge in [0.05, 0.1) is 5.69 Å². The summed E-state index contributed by atoms with van der Waals surface area (Å²) in [6.07, 6.45) is 1.05. The van der Waals surface area contributed by atoms with Crippen molar-refractivity contribution in [2.45, 2.75) is 12.8 Å². The molecule has 19 heavy (non-hydrogen) atoms. The molecule has 0 heterocycles. The summed E-state index contributed by atoms with van der Waals surface area (Å²) in [5.74, 6) is -0.0184. The Kier molecular flexibility index (Phi) is 4.58. The SMILES string of the molecule is Nc1ccccc1CCC(=O)Nc1ccccc1Br. The van der Waals surface area contributed by atoms with Gasteiger partial charge in [-0.25, -0.2) is 0 Å². The zero-order chi connectivity index (χ0) is 13.7. The maximum atomic E-state index is 11.9. The Morgan fingerprint density at radius 2 is 1.79 bits per heavy atom. The van der Waals surface area contributed by atoms with Crippen LogP contribution in [-0.4, -0.2) is 5.91 Å².